The lowest BCUT2D eigenvalue weighted by Crippen LogP contribution is -2.47. The molecule has 2 saturated heterocycles. The Kier molecular flexibility index (Phi) is 14.6. The zero-order valence-electron chi connectivity index (χ0n) is 36.3. The first kappa shape index (κ1) is 47.5. The third kappa shape index (κ3) is 12.2. The molecule has 1 aromatic heterocycles. The van der Waals surface area contributed by atoms with E-state index in [1.54, 1.807) is 6.07 Å². The van der Waals surface area contributed by atoms with Crippen LogP contribution in [0.1, 0.15) is 61.9 Å². The van der Waals surface area contributed by atoms with Crippen LogP contribution in [0.3, 0.4) is 0 Å². The van der Waals surface area contributed by atoms with Crippen molar-refractivity contribution in [2.24, 2.45) is 11.3 Å². The molecule has 66 heavy (non-hydrogen) atoms. The summed E-state index contributed by atoms with van der Waals surface area (Å²) in [7, 11) is -4.72. The molecule has 3 amide bonds. The minimum absolute atomic E-state index is 0.118. The number of carbonyl (C=O) groups excluding carboxylic acids is 1. The molecule has 19 nitrogen and oxygen atoms in total. The molecule has 21 heteroatoms. The first-order valence-corrected chi connectivity index (χ1v) is 23.2. The number of ether oxygens (including phenoxy) is 2. The molecule has 4 aromatic rings. The molecule has 350 valence electrons. The summed E-state index contributed by atoms with van der Waals surface area (Å²) >= 11 is 6.22. The summed E-state index contributed by atoms with van der Waals surface area (Å²) in [4.78, 5) is 56.3. The van der Waals surface area contributed by atoms with Crippen LogP contribution < -0.4 is 30.3 Å². The summed E-state index contributed by atoms with van der Waals surface area (Å²) in [5, 5.41) is 38.7. The van der Waals surface area contributed by atoms with Crippen LogP contribution in [-0.2, 0) is 14.8 Å². The van der Waals surface area contributed by atoms with Crippen LogP contribution in [0, 0.1) is 21.4 Å². The Balaban J connectivity index is 1.14. The number of pyridine rings is 1. The smallest absolute Gasteiger partial charge is 0.410 e. The zero-order chi connectivity index (χ0) is 47.2. The summed E-state index contributed by atoms with van der Waals surface area (Å²) in [5.74, 6) is -1.88. The van der Waals surface area contributed by atoms with Crippen molar-refractivity contribution in [3.8, 4) is 11.5 Å². The average Bonchev–Trinajstić information content (AvgIpc) is 3.26. The number of allylic oxidation sites excluding steroid dienone is 1. The molecule has 3 heterocycles. The van der Waals surface area contributed by atoms with Crippen molar-refractivity contribution in [2.75, 3.05) is 73.3 Å². The van der Waals surface area contributed by atoms with Gasteiger partial charge in [-0.1, -0.05) is 43.2 Å². The second-order valence-electron chi connectivity index (χ2n) is 17.2. The highest BCUT2D eigenvalue weighted by molar-refractivity contribution is 7.90. The fourth-order valence-electron chi connectivity index (χ4n) is 8.34. The molecule has 2 fully saturated rings. The lowest BCUT2D eigenvalue weighted by atomic mass is 9.72. The molecule has 6 N–H and O–H groups in total. The van der Waals surface area contributed by atoms with Gasteiger partial charge in [-0.15, -0.1) is 0 Å². The number of aromatic nitrogens is 1. The number of nitrogens with zero attached hydrogens (tertiary/aromatic N) is 4. The number of nitro groups is 1. The lowest BCUT2D eigenvalue weighted by molar-refractivity contribution is -0.384. The number of sulfonamides is 1. The van der Waals surface area contributed by atoms with Crippen molar-refractivity contribution >= 4 is 74.0 Å². The van der Waals surface area contributed by atoms with Gasteiger partial charge in [0.15, 0.2) is 0 Å². The number of carboxylic acid groups (broad SMARTS) is 2. The lowest BCUT2D eigenvalue weighted by Gasteiger charge is -2.39. The first-order chi connectivity index (χ1) is 31.4. The molecule has 0 bridgehead atoms. The Bertz CT molecular complexity index is 2600. The van der Waals surface area contributed by atoms with E-state index < -0.39 is 43.6 Å². The van der Waals surface area contributed by atoms with E-state index in [0.717, 1.165) is 62.9 Å². The minimum atomic E-state index is -4.72. The number of nitro benzene ring substituents is 1. The van der Waals surface area contributed by atoms with E-state index in [1.165, 1.54) is 34.9 Å². The molecule has 3 aromatic carbocycles. The fourth-order valence-corrected chi connectivity index (χ4v) is 9.45. The highest BCUT2D eigenvalue weighted by Gasteiger charge is 2.31. The van der Waals surface area contributed by atoms with Gasteiger partial charge in [-0.3, -0.25) is 30.4 Å². The summed E-state index contributed by atoms with van der Waals surface area (Å²) in [6.07, 6.45) is 1.55. The number of nitrogens with one attached hydrogen (secondary N) is 4. The van der Waals surface area contributed by atoms with Gasteiger partial charge in [0.25, 0.3) is 21.6 Å². The second kappa shape index (κ2) is 20.4. The van der Waals surface area contributed by atoms with Crippen molar-refractivity contribution in [1.29, 1.82) is 0 Å². The topological polar surface area (TPSA) is 255 Å². The molecule has 2 aliphatic heterocycles. The molecule has 3 aliphatic rings. The zero-order valence-corrected chi connectivity index (χ0v) is 37.9. The van der Waals surface area contributed by atoms with Crippen molar-refractivity contribution in [3.05, 3.63) is 105 Å². The first-order valence-electron chi connectivity index (χ1n) is 21.4. The Hall–Kier alpha value is -6.48. The van der Waals surface area contributed by atoms with Crippen LogP contribution in [0.15, 0.2) is 83.3 Å². The molecule has 1 aliphatic carbocycles. The Morgan fingerprint density at radius 3 is 2.24 bits per heavy atom. The van der Waals surface area contributed by atoms with Crippen molar-refractivity contribution in [1.82, 2.24) is 14.6 Å². The molecule has 0 saturated carbocycles. The number of benzene rings is 3. The molecule has 7 rings (SSSR count). The molecule has 0 atom stereocenters. The SMILES string of the molecule is CC1(C)CCC(CN2CCN(c3ccc(C(=O)NS(=O)(=O)c4ccc(NCC5CCOCC5)c([N+](=O)[O-])c4)c(Oc4cc(NC(=O)O)nc(NC(=O)O)c4)c3)CC2)=C(c2ccc(Cl)cc2)C1. The molecule has 0 unspecified atom stereocenters. The van der Waals surface area contributed by atoms with Gasteiger partial charge in [0, 0.05) is 87.5 Å². The van der Waals surface area contributed by atoms with Gasteiger partial charge >= 0.3 is 12.2 Å². The van der Waals surface area contributed by atoms with E-state index in [2.05, 4.69) is 46.1 Å². The van der Waals surface area contributed by atoms with E-state index in [1.807, 2.05) is 27.5 Å². The molecule has 0 radical (unpaired) electrons. The number of rotatable bonds is 15. The highest BCUT2D eigenvalue weighted by atomic mass is 35.5. The molecular formula is C45H51ClN8O11S. The van der Waals surface area contributed by atoms with Crippen LogP contribution in [0.5, 0.6) is 11.5 Å². The van der Waals surface area contributed by atoms with E-state index >= 15 is 0 Å². The Morgan fingerprint density at radius 2 is 1.61 bits per heavy atom. The van der Waals surface area contributed by atoms with Crippen molar-refractivity contribution < 1.29 is 47.4 Å². The van der Waals surface area contributed by atoms with E-state index in [4.69, 9.17) is 21.1 Å². The average molecular weight is 947 g/mol. The van der Waals surface area contributed by atoms with Gasteiger partial charge in [-0.05, 0) is 91.0 Å². The van der Waals surface area contributed by atoms with Crippen molar-refractivity contribution in [3.63, 3.8) is 0 Å². The quantitative estimate of drug-likeness (QED) is 0.0483. The van der Waals surface area contributed by atoms with Crippen LogP contribution in [0.2, 0.25) is 5.02 Å². The van der Waals surface area contributed by atoms with E-state index in [-0.39, 0.29) is 45.7 Å². The maximum Gasteiger partial charge on any atom is 0.410 e. The predicted molar refractivity (Wildman–Crippen MR) is 248 cm³/mol. The number of piperazine rings is 1. The van der Waals surface area contributed by atoms with Gasteiger partial charge in [0.1, 0.15) is 28.8 Å². The van der Waals surface area contributed by atoms with Crippen LogP contribution in [-0.4, -0.2) is 104 Å². The maximum absolute atomic E-state index is 14.0. The third-order valence-electron chi connectivity index (χ3n) is 11.9. The van der Waals surface area contributed by atoms with Gasteiger partial charge < -0.3 is 29.9 Å². The molecule has 0 spiro atoms. The molecular weight excluding hydrogens is 896 g/mol. The standard InChI is InChI=1S/C45H51ClN8O11S/c1-45(2)14-11-30(36(25-45)29-3-5-31(46)6-4-29)27-52-15-17-53(18-16-52)32-7-9-35(39(21-32)65-33-22-40(49-43(56)57)48-41(23-33)50-44(58)59)42(55)51-66(62,63)34-8-10-37(38(24-34)54(60)61)47-26-28-12-19-64-20-13-28/h3-10,21-24,28,47H,11-20,25-27H2,1-2H3,(H,51,55)(H,56,57)(H,58,59)(H2,48,49,50). The summed E-state index contributed by atoms with van der Waals surface area (Å²) in [6.45, 7) is 9.53. The largest absolute Gasteiger partial charge is 0.465 e. The fraction of sp³-hybridized carbons (Fsp3) is 0.378. The summed E-state index contributed by atoms with van der Waals surface area (Å²) in [5.41, 5.74) is 4.03. The number of hydrogen-bond donors (Lipinski definition) is 6. The second-order valence-corrected chi connectivity index (χ2v) is 19.3. The number of amides is 3. The number of halogens is 1. The van der Waals surface area contributed by atoms with Gasteiger partial charge in [-0.2, -0.15) is 0 Å². The van der Waals surface area contributed by atoms with Gasteiger partial charge in [0.2, 0.25) is 0 Å². The Labute approximate surface area is 386 Å². The van der Waals surface area contributed by atoms with Crippen LogP contribution in [0.4, 0.5) is 38.3 Å². The predicted octanol–water partition coefficient (Wildman–Crippen LogP) is 8.36. The minimum Gasteiger partial charge on any atom is -0.465 e. The number of hydrogen-bond acceptors (Lipinski definition) is 13. The third-order valence-corrected chi connectivity index (χ3v) is 13.4. The monoisotopic (exact) mass is 946 g/mol. The van der Waals surface area contributed by atoms with E-state index in [9.17, 15) is 43.1 Å². The maximum atomic E-state index is 14.0. The highest BCUT2D eigenvalue weighted by Crippen LogP contribution is 2.43. The van der Waals surface area contributed by atoms with E-state index in [0.29, 0.717) is 56.6 Å². The van der Waals surface area contributed by atoms with Gasteiger partial charge in [0.05, 0.1) is 15.4 Å². The number of anilines is 4. The van der Waals surface area contributed by atoms with Crippen molar-refractivity contribution in [2.45, 2.75) is 50.8 Å². The van der Waals surface area contributed by atoms with Crippen LogP contribution >= 0.6 is 11.6 Å². The number of carbonyl (C=O) groups is 3. The van der Waals surface area contributed by atoms with Crippen LogP contribution in [0.25, 0.3) is 5.57 Å². The normalized spacial score (nSPS) is 16.9. The summed E-state index contributed by atoms with van der Waals surface area (Å²) in [6, 6.07) is 18.1. The summed E-state index contributed by atoms with van der Waals surface area (Å²) < 4.78 is 41.0. The van der Waals surface area contributed by atoms with Gasteiger partial charge in [-0.25, -0.2) is 27.7 Å². The Morgan fingerprint density at radius 1 is 0.939 bits per heavy atom.